The third-order valence-corrected chi connectivity index (χ3v) is 0.629. The molecule has 0 aromatic rings. The van der Waals surface area contributed by atoms with Gasteiger partial charge < -0.3 is 0 Å². The van der Waals surface area contributed by atoms with Crippen LogP contribution in [-0.4, -0.2) is 0 Å². The topological polar surface area (TPSA) is 0 Å². The highest BCUT2D eigenvalue weighted by molar-refractivity contribution is 5.17. The van der Waals surface area contributed by atoms with Gasteiger partial charge in [-0.25, -0.2) is 4.39 Å². The molecule has 0 saturated heterocycles. The molecular weight excluding hydrogens is 136 g/mol. The summed E-state index contributed by atoms with van der Waals surface area (Å²) in [6.45, 7) is 1.12. The van der Waals surface area contributed by atoms with Gasteiger partial charge in [-0.05, 0) is 13.0 Å². The first-order chi connectivity index (χ1) is 4.09. The van der Waals surface area contributed by atoms with E-state index in [0.29, 0.717) is 6.08 Å². The molecule has 0 spiro atoms. The third-order valence-electron chi connectivity index (χ3n) is 0.629. The van der Waals surface area contributed by atoms with E-state index in [0.717, 1.165) is 6.92 Å². The van der Waals surface area contributed by atoms with Crippen LogP contribution in [0.2, 0.25) is 0 Å². The Kier molecular flexibility index (Phi) is 2.98. The second-order valence-corrected chi connectivity index (χ2v) is 1.21. The molecule has 0 N–H and O–H groups in total. The molecule has 52 valence electrons. The molecule has 0 aromatic carbocycles. The zero-order chi connectivity index (χ0) is 7.44. The lowest BCUT2D eigenvalue weighted by molar-refractivity contribution is 0.371. The molecule has 0 bridgehead atoms. The summed E-state index contributed by atoms with van der Waals surface area (Å²) in [5.41, 5.74) is 0. The fourth-order valence-electron chi connectivity index (χ4n) is 0.217. The fraction of sp³-hybridized carbons (Fsp3) is 0.200. The Morgan fingerprint density at radius 2 is 1.56 bits per heavy atom. The van der Waals surface area contributed by atoms with Crippen molar-refractivity contribution in [3.63, 3.8) is 0 Å². The monoisotopic (exact) mass is 140 g/mol. The number of allylic oxidation sites excluding steroid dienone is 3. The van der Waals surface area contributed by atoms with E-state index in [1.54, 1.807) is 0 Å². The van der Waals surface area contributed by atoms with Crippen molar-refractivity contribution in [3.05, 3.63) is 23.8 Å². The van der Waals surface area contributed by atoms with Gasteiger partial charge in [0.25, 0.3) is 0 Å². The standard InChI is InChI=1S/C5H4F4/c1-2-3(6)4(7)5(8)9/h2H,1H3. The Labute approximate surface area is 49.5 Å². The predicted octanol–water partition coefficient (Wildman–Crippen LogP) is 2.94. The van der Waals surface area contributed by atoms with Crippen molar-refractivity contribution in [1.82, 2.24) is 0 Å². The number of hydrogen-bond acceptors (Lipinski definition) is 0. The Hall–Kier alpha value is -0.800. The first-order valence-corrected chi connectivity index (χ1v) is 2.12. The zero-order valence-corrected chi connectivity index (χ0v) is 4.59. The lowest BCUT2D eigenvalue weighted by atomic mass is 10.4. The van der Waals surface area contributed by atoms with Crippen LogP contribution in [0.1, 0.15) is 6.92 Å². The largest absolute Gasteiger partial charge is 0.308 e. The molecule has 0 amide bonds. The van der Waals surface area contributed by atoms with E-state index in [1.165, 1.54) is 0 Å². The maximum absolute atomic E-state index is 11.7. The third kappa shape index (κ3) is 2.30. The molecule has 0 saturated carbocycles. The Balaban J connectivity index is 4.40. The zero-order valence-electron chi connectivity index (χ0n) is 4.59. The van der Waals surface area contributed by atoms with Crippen molar-refractivity contribution in [1.29, 1.82) is 0 Å². The minimum atomic E-state index is -2.63. The highest BCUT2D eigenvalue weighted by Crippen LogP contribution is 2.18. The van der Waals surface area contributed by atoms with Crippen LogP contribution >= 0.6 is 0 Å². The van der Waals surface area contributed by atoms with E-state index in [9.17, 15) is 17.6 Å². The highest BCUT2D eigenvalue weighted by atomic mass is 19.3. The van der Waals surface area contributed by atoms with Crippen molar-refractivity contribution in [2.45, 2.75) is 6.92 Å². The molecule has 0 nitrogen and oxygen atoms in total. The van der Waals surface area contributed by atoms with Gasteiger partial charge in [0.15, 0.2) is 5.83 Å². The maximum Gasteiger partial charge on any atom is 0.308 e. The fourth-order valence-corrected chi connectivity index (χ4v) is 0.217. The van der Waals surface area contributed by atoms with E-state index in [2.05, 4.69) is 0 Å². The van der Waals surface area contributed by atoms with E-state index in [4.69, 9.17) is 0 Å². The first kappa shape index (κ1) is 8.20. The van der Waals surface area contributed by atoms with Gasteiger partial charge in [0, 0.05) is 0 Å². The van der Waals surface area contributed by atoms with Gasteiger partial charge in [0.1, 0.15) is 0 Å². The second kappa shape index (κ2) is 3.27. The van der Waals surface area contributed by atoms with Crippen LogP contribution in [0.25, 0.3) is 0 Å². The molecule has 0 unspecified atom stereocenters. The molecule has 0 rings (SSSR count). The van der Waals surface area contributed by atoms with Crippen molar-refractivity contribution in [2.75, 3.05) is 0 Å². The summed E-state index contributed by atoms with van der Waals surface area (Å²) < 4.78 is 45.5. The molecule has 0 aliphatic rings. The molecule has 4 heteroatoms. The van der Waals surface area contributed by atoms with Crippen molar-refractivity contribution < 1.29 is 17.6 Å². The normalized spacial score (nSPS) is 11.4. The summed E-state index contributed by atoms with van der Waals surface area (Å²) in [6, 6.07) is 0. The Bertz CT molecular complexity index is 152. The van der Waals surface area contributed by atoms with E-state index < -0.39 is 17.7 Å². The number of halogens is 4. The van der Waals surface area contributed by atoms with Crippen LogP contribution in [0.5, 0.6) is 0 Å². The quantitative estimate of drug-likeness (QED) is 0.388. The van der Waals surface area contributed by atoms with Crippen LogP contribution in [0, 0.1) is 0 Å². The summed E-state index contributed by atoms with van der Waals surface area (Å²) in [5.74, 6) is -3.62. The number of rotatable bonds is 1. The molecule has 0 heterocycles. The molecule has 0 aliphatic heterocycles. The van der Waals surface area contributed by atoms with Gasteiger partial charge in [-0.1, -0.05) is 0 Å². The van der Waals surface area contributed by atoms with Crippen LogP contribution < -0.4 is 0 Å². The van der Waals surface area contributed by atoms with Gasteiger partial charge >= 0.3 is 6.08 Å². The molecule has 0 aromatic heterocycles. The molecule has 0 fully saturated rings. The van der Waals surface area contributed by atoms with Crippen LogP contribution in [0.15, 0.2) is 23.8 Å². The SMILES string of the molecule is CC=C(F)C(F)=C(F)F. The van der Waals surface area contributed by atoms with Gasteiger partial charge in [-0.15, -0.1) is 0 Å². The number of hydrogen-bond donors (Lipinski definition) is 0. The molecular formula is C5H4F4. The summed E-state index contributed by atoms with van der Waals surface area (Å²) in [5, 5.41) is 0. The van der Waals surface area contributed by atoms with Crippen molar-refractivity contribution in [2.24, 2.45) is 0 Å². The molecule has 0 aliphatic carbocycles. The summed E-state index contributed by atoms with van der Waals surface area (Å²) in [7, 11) is 0. The van der Waals surface area contributed by atoms with Crippen molar-refractivity contribution in [3.8, 4) is 0 Å². The predicted molar refractivity (Wildman–Crippen MR) is 25.2 cm³/mol. The van der Waals surface area contributed by atoms with Gasteiger partial charge in [0.05, 0.1) is 0 Å². The average molecular weight is 140 g/mol. The van der Waals surface area contributed by atoms with Gasteiger partial charge in [0.2, 0.25) is 5.83 Å². The van der Waals surface area contributed by atoms with E-state index in [1.807, 2.05) is 0 Å². The summed E-state index contributed by atoms with van der Waals surface area (Å²) >= 11 is 0. The minimum absolute atomic E-state index is 0.620. The summed E-state index contributed by atoms with van der Waals surface area (Å²) in [6.07, 6.45) is -2.01. The summed E-state index contributed by atoms with van der Waals surface area (Å²) in [4.78, 5) is 0. The lowest BCUT2D eigenvalue weighted by Crippen LogP contribution is -1.75. The van der Waals surface area contributed by atoms with Crippen LogP contribution in [0.3, 0.4) is 0 Å². The van der Waals surface area contributed by atoms with E-state index >= 15 is 0 Å². The minimum Gasteiger partial charge on any atom is -0.204 e. The Morgan fingerprint density at radius 1 is 1.11 bits per heavy atom. The average Bonchev–Trinajstić information content (AvgIpc) is 1.84. The maximum atomic E-state index is 11.7. The van der Waals surface area contributed by atoms with Gasteiger partial charge in [-0.3, -0.25) is 0 Å². The molecule has 9 heavy (non-hydrogen) atoms. The van der Waals surface area contributed by atoms with Crippen LogP contribution in [-0.2, 0) is 0 Å². The first-order valence-electron chi connectivity index (χ1n) is 2.12. The van der Waals surface area contributed by atoms with Gasteiger partial charge in [-0.2, -0.15) is 13.2 Å². The smallest absolute Gasteiger partial charge is 0.204 e. The van der Waals surface area contributed by atoms with Crippen molar-refractivity contribution >= 4 is 0 Å². The van der Waals surface area contributed by atoms with E-state index in [-0.39, 0.29) is 0 Å². The molecule has 0 radical (unpaired) electrons. The molecule has 0 atom stereocenters. The Morgan fingerprint density at radius 3 is 1.67 bits per heavy atom. The second-order valence-electron chi connectivity index (χ2n) is 1.21. The highest BCUT2D eigenvalue weighted by Gasteiger charge is 2.08. The lowest BCUT2D eigenvalue weighted by Gasteiger charge is -1.86. The van der Waals surface area contributed by atoms with Crippen LogP contribution in [0.4, 0.5) is 17.6 Å².